The number of hydrogen-bond donors (Lipinski definition) is 2. The monoisotopic (exact) mass is 374 g/mol. The maximum absolute atomic E-state index is 5.43. The van der Waals surface area contributed by atoms with Gasteiger partial charge in [-0.2, -0.15) is 4.98 Å². The van der Waals surface area contributed by atoms with E-state index in [2.05, 4.69) is 25.6 Å². The molecule has 0 saturated heterocycles. The number of aromatic nitrogens is 4. The Balaban J connectivity index is 1.43. The summed E-state index contributed by atoms with van der Waals surface area (Å²) in [4.78, 5) is 13.7. The number of nitrogens with zero attached hydrogens (tertiary/aromatic N) is 4. The summed E-state index contributed by atoms with van der Waals surface area (Å²) in [5, 5.41) is 6.50. The van der Waals surface area contributed by atoms with E-state index in [0.717, 1.165) is 28.2 Å². The molecule has 4 aromatic rings. The van der Waals surface area contributed by atoms with Crippen LogP contribution < -0.4 is 20.1 Å². The summed E-state index contributed by atoms with van der Waals surface area (Å²) in [5.74, 6) is 3.29. The molecule has 0 bridgehead atoms. The zero-order valence-electron chi connectivity index (χ0n) is 15.4. The number of para-hydroxylation sites is 2. The van der Waals surface area contributed by atoms with E-state index in [1.807, 2.05) is 67.1 Å². The first-order valence-corrected chi connectivity index (χ1v) is 8.86. The summed E-state index contributed by atoms with van der Waals surface area (Å²) in [6.45, 7) is 2.17. The molecule has 0 unspecified atom stereocenters. The third-order valence-electron chi connectivity index (χ3n) is 4.51. The lowest BCUT2D eigenvalue weighted by atomic mass is 10.2. The van der Waals surface area contributed by atoms with Gasteiger partial charge in [0.1, 0.15) is 5.82 Å². The lowest BCUT2D eigenvalue weighted by Crippen LogP contribution is -2.05. The van der Waals surface area contributed by atoms with Crippen molar-refractivity contribution >= 4 is 34.4 Å². The SMILES string of the molecule is Cc1cc(Nc2ccc3c(c2)OCO3)nc(Nc2nc3ccccc3n2C)n1. The van der Waals surface area contributed by atoms with Crippen molar-refractivity contribution in [3.05, 3.63) is 54.2 Å². The minimum Gasteiger partial charge on any atom is -0.454 e. The van der Waals surface area contributed by atoms with Crippen molar-refractivity contribution in [1.29, 1.82) is 0 Å². The molecule has 8 nitrogen and oxygen atoms in total. The van der Waals surface area contributed by atoms with Crippen LogP contribution in [0, 0.1) is 6.92 Å². The van der Waals surface area contributed by atoms with E-state index in [1.165, 1.54) is 0 Å². The van der Waals surface area contributed by atoms with Crippen LogP contribution in [0.5, 0.6) is 11.5 Å². The first-order chi connectivity index (χ1) is 13.7. The zero-order chi connectivity index (χ0) is 19.1. The standard InChI is InChI=1S/C20H18N6O2/c1-12-9-18(22-13-7-8-16-17(10-13)28-11-27-16)24-19(21-12)25-20-23-14-5-3-4-6-15(14)26(20)2/h3-10H,11H2,1-2H3,(H2,21,22,23,24,25). The quantitative estimate of drug-likeness (QED) is 0.560. The van der Waals surface area contributed by atoms with Crippen molar-refractivity contribution in [1.82, 2.24) is 19.5 Å². The van der Waals surface area contributed by atoms with Crippen LogP contribution in [0.25, 0.3) is 11.0 Å². The average molecular weight is 374 g/mol. The minimum absolute atomic E-state index is 0.248. The second kappa shape index (κ2) is 6.41. The first kappa shape index (κ1) is 16.4. The number of fused-ring (bicyclic) bond motifs is 2. The van der Waals surface area contributed by atoms with Gasteiger partial charge in [-0.25, -0.2) is 9.97 Å². The Hall–Kier alpha value is -3.81. The Labute approximate surface area is 161 Å². The summed E-state index contributed by atoms with van der Waals surface area (Å²) >= 11 is 0. The third-order valence-corrected chi connectivity index (χ3v) is 4.51. The van der Waals surface area contributed by atoms with Gasteiger partial charge in [-0.15, -0.1) is 0 Å². The Morgan fingerprint density at radius 1 is 0.929 bits per heavy atom. The fourth-order valence-electron chi connectivity index (χ4n) is 3.17. The molecule has 0 fully saturated rings. The van der Waals surface area contributed by atoms with Crippen molar-refractivity contribution in [2.24, 2.45) is 7.05 Å². The molecule has 5 rings (SSSR count). The predicted molar refractivity (Wildman–Crippen MR) is 107 cm³/mol. The molecular formula is C20H18N6O2. The van der Waals surface area contributed by atoms with Crippen LogP contribution in [0.1, 0.15) is 5.69 Å². The molecule has 1 aliphatic heterocycles. The van der Waals surface area contributed by atoms with Crippen LogP contribution in [0.15, 0.2) is 48.5 Å². The Morgan fingerprint density at radius 2 is 1.79 bits per heavy atom. The highest BCUT2D eigenvalue weighted by Crippen LogP contribution is 2.35. The number of ether oxygens (including phenoxy) is 2. The molecule has 0 radical (unpaired) electrons. The molecule has 0 atom stereocenters. The molecule has 2 aromatic carbocycles. The molecule has 28 heavy (non-hydrogen) atoms. The Morgan fingerprint density at radius 3 is 2.68 bits per heavy atom. The van der Waals surface area contributed by atoms with Gasteiger partial charge in [0.2, 0.25) is 18.7 Å². The van der Waals surface area contributed by atoms with E-state index < -0.39 is 0 Å². The van der Waals surface area contributed by atoms with E-state index in [4.69, 9.17) is 9.47 Å². The van der Waals surface area contributed by atoms with Gasteiger partial charge in [0.05, 0.1) is 11.0 Å². The normalized spacial score (nSPS) is 12.4. The molecule has 3 heterocycles. The molecule has 8 heteroatoms. The van der Waals surface area contributed by atoms with Crippen molar-refractivity contribution in [2.45, 2.75) is 6.92 Å². The number of rotatable bonds is 4. The van der Waals surface area contributed by atoms with E-state index in [0.29, 0.717) is 23.5 Å². The topological polar surface area (TPSA) is 86.1 Å². The van der Waals surface area contributed by atoms with Gasteiger partial charge < -0.3 is 19.4 Å². The van der Waals surface area contributed by atoms with Crippen LogP contribution in [-0.2, 0) is 7.05 Å². The number of nitrogens with one attached hydrogen (secondary N) is 2. The lowest BCUT2D eigenvalue weighted by molar-refractivity contribution is 0.174. The highest BCUT2D eigenvalue weighted by atomic mass is 16.7. The van der Waals surface area contributed by atoms with Gasteiger partial charge in [0, 0.05) is 30.6 Å². The average Bonchev–Trinajstić information content (AvgIpc) is 3.26. The van der Waals surface area contributed by atoms with E-state index >= 15 is 0 Å². The summed E-state index contributed by atoms with van der Waals surface area (Å²) in [7, 11) is 1.96. The molecule has 1 aliphatic rings. The van der Waals surface area contributed by atoms with Gasteiger partial charge in [-0.05, 0) is 31.2 Å². The van der Waals surface area contributed by atoms with E-state index in [-0.39, 0.29) is 6.79 Å². The van der Waals surface area contributed by atoms with E-state index in [1.54, 1.807) is 0 Å². The fraction of sp³-hybridized carbons (Fsp3) is 0.150. The third kappa shape index (κ3) is 2.94. The van der Waals surface area contributed by atoms with Gasteiger partial charge >= 0.3 is 0 Å². The number of imidazole rings is 1. The van der Waals surface area contributed by atoms with Crippen LogP contribution in [0.3, 0.4) is 0 Å². The van der Waals surface area contributed by atoms with Gasteiger partial charge in [-0.1, -0.05) is 12.1 Å². The van der Waals surface area contributed by atoms with Gasteiger partial charge in [0.15, 0.2) is 11.5 Å². The predicted octanol–water partition coefficient (Wildman–Crippen LogP) is 3.89. The summed E-state index contributed by atoms with van der Waals surface area (Å²) in [6, 6.07) is 15.5. The van der Waals surface area contributed by atoms with Crippen molar-refractivity contribution < 1.29 is 9.47 Å². The summed E-state index contributed by atoms with van der Waals surface area (Å²) in [5.41, 5.74) is 3.64. The highest BCUT2D eigenvalue weighted by molar-refractivity contribution is 5.79. The molecule has 0 saturated carbocycles. The second-order valence-corrected chi connectivity index (χ2v) is 6.52. The van der Waals surface area contributed by atoms with Crippen molar-refractivity contribution in [2.75, 3.05) is 17.4 Å². The van der Waals surface area contributed by atoms with Crippen LogP contribution in [-0.4, -0.2) is 26.3 Å². The maximum atomic E-state index is 5.43. The van der Waals surface area contributed by atoms with Crippen molar-refractivity contribution in [3.63, 3.8) is 0 Å². The van der Waals surface area contributed by atoms with Gasteiger partial charge in [0.25, 0.3) is 0 Å². The number of anilines is 4. The molecule has 0 amide bonds. The molecule has 2 aromatic heterocycles. The summed E-state index contributed by atoms with van der Waals surface area (Å²) < 4.78 is 12.8. The molecule has 140 valence electrons. The van der Waals surface area contributed by atoms with Crippen LogP contribution in [0.2, 0.25) is 0 Å². The van der Waals surface area contributed by atoms with Crippen LogP contribution >= 0.6 is 0 Å². The lowest BCUT2D eigenvalue weighted by Gasteiger charge is -2.10. The molecule has 0 aliphatic carbocycles. The van der Waals surface area contributed by atoms with Gasteiger partial charge in [-0.3, -0.25) is 5.32 Å². The maximum Gasteiger partial charge on any atom is 0.231 e. The molecule has 0 spiro atoms. The van der Waals surface area contributed by atoms with E-state index in [9.17, 15) is 0 Å². The summed E-state index contributed by atoms with van der Waals surface area (Å²) in [6.07, 6.45) is 0. The fourth-order valence-corrected chi connectivity index (χ4v) is 3.17. The second-order valence-electron chi connectivity index (χ2n) is 6.52. The number of aryl methyl sites for hydroxylation is 2. The Kier molecular flexibility index (Phi) is 3.75. The van der Waals surface area contributed by atoms with Crippen LogP contribution in [0.4, 0.5) is 23.4 Å². The first-order valence-electron chi connectivity index (χ1n) is 8.86. The smallest absolute Gasteiger partial charge is 0.231 e. The zero-order valence-corrected chi connectivity index (χ0v) is 15.4. The Bertz CT molecular complexity index is 1190. The highest BCUT2D eigenvalue weighted by Gasteiger charge is 2.14. The van der Waals surface area contributed by atoms with Crippen molar-refractivity contribution in [3.8, 4) is 11.5 Å². The number of hydrogen-bond acceptors (Lipinski definition) is 7. The molecular weight excluding hydrogens is 356 g/mol. The molecule has 2 N–H and O–H groups in total. The largest absolute Gasteiger partial charge is 0.454 e. The number of benzene rings is 2. The minimum atomic E-state index is 0.248.